The van der Waals surface area contributed by atoms with Crippen LogP contribution in [0.4, 0.5) is 10.8 Å². The molecule has 0 aliphatic rings. The van der Waals surface area contributed by atoms with E-state index in [0.717, 1.165) is 26.2 Å². The Morgan fingerprint density at radius 3 is 2.32 bits per heavy atom. The molecule has 0 saturated carbocycles. The molecule has 2 N–H and O–H groups in total. The van der Waals surface area contributed by atoms with Gasteiger partial charge in [-0.05, 0) is 67.8 Å². The third-order valence-corrected chi connectivity index (χ3v) is 6.65. The molecule has 1 aromatic heterocycles. The average molecular weight is 522 g/mol. The van der Waals surface area contributed by atoms with Crippen LogP contribution in [-0.4, -0.2) is 9.91 Å². The Balaban J connectivity index is 0.000000225. The zero-order chi connectivity index (χ0) is 23.6. The predicted octanol–water partition coefficient (Wildman–Crippen LogP) is 7.40. The second-order valence-electron chi connectivity index (χ2n) is 8.98. The van der Waals surface area contributed by atoms with E-state index in [2.05, 4.69) is 47.1 Å². The molecule has 6 nitrogen and oxygen atoms in total. The van der Waals surface area contributed by atoms with Gasteiger partial charge in [-0.2, -0.15) is 5.26 Å². The van der Waals surface area contributed by atoms with E-state index >= 15 is 0 Å². The van der Waals surface area contributed by atoms with Crippen LogP contribution in [0.1, 0.15) is 52.7 Å². The lowest BCUT2D eigenvalue weighted by atomic mass is 9.87. The standard InChI is InChI=1S/C12H13N3S2.C10H12BrNO2/c1-12(2,3)7-4-8-10(17-11(14)15-8)5-9(7)16-6-13;1-10(2,3)7-4-5-8(11)9(6-7)12(13)14/h4-5H,1-3H3,(H2,14,15);4-6H,1-3H3. The molecule has 0 fully saturated rings. The number of nitrogens with two attached hydrogens (primary N) is 1. The van der Waals surface area contributed by atoms with Crippen molar-refractivity contribution in [1.29, 1.82) is 5.26 Å². The highest BCUT2D eigenvalue weighted by Crippen LogP contribution is 2.37. The van der Waals surface area contributed by atoms with Crippen molar-refractivity contribution in [1.82, 2.24) is 4.98 Å². The van der Waals surface area contributed by atoms with Crippen LogP contribution >= 0.6 is 39.0 Å². The zero-order valence-corrected chi connectivity index (χ0v) is 21.5. The van der Waals surface area contributed by atoms with Gasteiger partial charge in [0.25, 0.3) is 5.69 Å². The number of thiazole rings is 1. The Labute approximate surface area is 199 Å². The van der Waals surface area contributed by atoms with Crippen molar-refractivity contribution in [3.05, 3.63) is 56.0 Å². The predicted molar refractivity (Wildman–Crippen MR) is 134 cm³/mol. The van der Waals surface area contributed by atoms with Gasteiger partial charge in [0.05, 0.1) is 19.6 Å². The highest BCUT2D eigenvalue weighted by Gasteiger charge is 2.21. The summed E-state index contributed by atoms with van der Waals surface area (Å²) < 4.78 is 1.56. The molecular weight excluding hydrogens is 496 g/mol. The summed E-state index contributed by atoms with van der Waals surface area (Å²) in [5.41, 5.74) is 8.78. The van der Waals surface area contributed by atoms with Crippen LogP contribution < -0.4 is 5.73 Å². The van der Waals surface area contributed by atoms with Crippen LogP contribution in [0.2, 0.25) is 0 Å². The number of nitriles is 1. The fourth-order valence-electron chi connectivity index (χ4n) is 2.81. The number of fused-ring (bicyclic) bond motifs is 1. The Kier molecular flexibility index (Phi) is 7.74. The summed E-state index contributed by atoms with van der Waals surface area (Å²) in [7, 11) is 0. The molecule has 0 aliphatic heterocycles. The van der Waals surface area contributed by atoms with Crippen LogP contribution in [0.15, 0.2) is 39.7 Å². The molecular formula is C22H25BrN4O2S2. The monoisotopic (exact) mass is 520 g/mol. The van der Waals surface area contributed by atoms with Crippen LogP contribution in [0.3, 0.4) is 0 Å². The largest absolute Gasteiger partial charge is 0.375 e. The molecule has 31 heavy (non-hydrogen) atoms. The molecule has 0 aliphatic carbocycles. The van der Waals surface area contributed by atoms with Crippen LogP contribution in [-0.2, 0) is 10.8 Å². The van der Waals surface area contributed by atoms with Crippen LogP contribution in [0, 0.1) is 20.8 Å². The van der Waals surface area contributed by atoms with Gasteiger partial charge in [-0.1, -0.05) is 58.9 Å². The van der Waals surface area contributed by atoms with Crippen molar-refractivity contribution in [2.75, 3.05) is 5.73 Å². The van der Waals surface area contributed by atoms with E-state index in [-0.39, 0.29) is 21.4 Å². The van der Waals surface area contributed by atoms with Crippen molar-refractivity contribution < 1.29 is 4.92 Å². The smallest absolute Gasteiger partial charge is 0.283 e. The van der Waals surface area contributed by atoms with Crippen molar-refractivity contribution >= 4 is 60.1 Å². The molecule has 0 bridgehead atoms. The molecule has 0 unspecified atom stereocenters. The van der Waals surface area contributed by atoms with Crippen LogP contribution in [0.25, 0.3) is 10.2 Å². The second-order valence-corrected chi connectivity index (χ2v) is 11.7. The van der Waals surface area contributed by atoms with Gasteiger partial charge < -0.3 is 5.73 Å². The summed E-state index contributed by atoms with van der Waals surface area (Å²) >= 11 is 5.81. The summed E-state index contributed by atoms with van der Waals surface area (Å²) in [6.45, 7) is 12.5. The maximum atomic E-state index is 10.7. The van der Waals surface area contributed by atoms with Gasteiger partial charge in [-0.15, -0.1) is 0 Å². The van der Waals surface area contributed by atoms with Crippen LogP contribution in [0.5, 0.6) is 0 Å². The maximum absolute atomic E-state index is 10.7. The summed E-state index contributed by atoms with van der Waals surface area (Å²) in [6, 6.07) is 9.29. The van der Waals surface area contributed by atoms with E-state index in [1.807, 2.05) is 39.0 Å². The quantitative estimate of drug-likeness (QED) is 0.163. The molecule has 3 aromatic rings. The molecule has 0 amide bonds. The second kappa shape index (κ2) is 9.55. The van der Waals surface area contributed by atoms with Gasteiger partial charge >= 0.3 is 0 Å². The summed E-state index contributed by atoms with van der Waals surface area (Å²) in [6.07, 6.45) is 0. The molecule has 3 rings (SSSR count). The molecule has 0 spiro atoms. The first kappa shape index (κ1) is 25.1. The highest BCUT2D eigenvalue weighted by molar-refractivity contribution is 9.10. The fraction of sp³-hybridized carbons (Fsp3) is 0.364. The molecule has 2 aromatic carbocycles. The molecule has 0 atom stereocenters. The van der Waals surface area contributed by atoms with Gasteiger partial charge in [0.1, 0.15) is 5.40 Å². The third-order valence-electron chi connectivity index (χ3n) is 4.48. The Morgan fingerprint density at radius 2 is 1.81 bits per heavy atom. The third kappa shape index (κ3) is 6.42. The maximum Gasteiger partial charge on any atom is 0.283 e. The highest BCUT2D eigenvalue weighted by atomic mass is 79.9. The molecule has 164 valence electrons. The summed E-state index contributed by atoms with van der Waals surface area (Å²) in [5.74, 6) is 0. The number of thioether (sulfide) groups is 1. The van der Waals surface area contributed by atoms with E-state index in [4.69, 9.17) is 11.0 Å². The first-order valence-corrected chi connectivity index (χ1v) is 11.9. The number of hydrogen-bond acceptors (Lipinski definition) is 7. The lowest BCUT2D eigenvalue weighted by Gasteiger charge is -2.21. The number of anilines is 1. The van der Waals surface area contributed by atoms with Gasteiger partial charge in [0, 0.05) is 11.0 Å². The summed E-state index contributed by atoms with van der Waals surface area (Å²) in [4.78, 5) is 15.6. The van der Waals surface area contributed by atoms with Gasteiger partial charge in [-0.25, -0.2) is 4.98 Å². The van der Waals surface area contributed by atoms with E-state index in [1.54, 1.807) is 12.1 Å². The van der Waals surface area contributed by atoms with Crippen molar-refractivity contribution in [2.45, 2.75) is 57.3 Å². The van der Waals surface area contributed by atoms with E-state index in [9.17, 15) is 10.1 Å². The number of nitro benzene ring substituents is 1. The molecule has 9 heteroatoms. The number of rotatable bonds is 2. The number of nitrogen functional groups attached to an aromatic ring is 1. The minimum Gasteiger partial charge on any atom is -0.375 e. The minimum atomic E-state index is -0.376. The van der Waals surface area contributed by atoms with E-state index in [1.165, 1.54) is 23.1 Å². The topological polar surface area (TPSA) is 106 Å². The zero-order valence-electron chi connectivity index (χ0n) is 18.3. The first-order chi connectivity index (χ1) is 14.2. The van der Waals surface area contributed by atoms with Gasteiger partial charge in [0.15, 0.2) is 5.13 Å². The van der Waals surface area contributed by atoms with Crippen molar-refractivity contribution in [3.8, 4) is 5.40 Å². The fourth-order valence-corrected chi connectivity index (χ4v) is 4.78. The normalized spacial score (nSPS) is 11.5. The number of hydrogen-bond donors (Lipinski definition) is 1. The SMILES string of the molecule is CC(C)(C)c1cc2nc(N)sc2cc1SC#N.CC(C)(C)c1ccc(Br)c([N+](=O)[O-])c1. The van der Waals surface area contributed by atoms with Crippen molar-refractivity contribution in [2.24, 2.45) is 0 Å². The molecule has 1 heterocycles. The average Bonchev–Trinajstić information content (AvgIpc) is 2.99. The number of benzene rings is 2. The Bertz CT molecular complexity index is 1160. The van der Waals surface area contributed by atoms with Gasteiger partial charge in [-0.3, -0.25) is 10.1 Å². The van der Waals surface area contributed by atoms with E-state index < -0.39 is 0 Å². The van der Waals surface area contributed by atoms with Gasteiger partial charge in [0.2, 0.25) is 0 Å². The first-order valence-electron chi connectivity index (χ1n) is 9.45. The molecule has 0 radical (unpaired) electrons. The van der Waals surface area contributed by atoms with Crippen molar-refractivity contribution in [3.63, 3.8) is 0 Å². The number of halogens is 1. The van der Waals surface area contributed by atoms with E-state index in [0.29, 0.717) is 9.60 Å². The minimum absolute atomic E-state index is 0.00818. The number of aromatic nitrogens is 1. The number of thiocyanates is 1. The number of nitro groups is 1. The summed E-state index contributed by atoms with van der Waals surface area (Å²) in [5, 5.41) is 22.2. The Hall–Kier alpha value is -2.15. The lowest BCUT2D eigenvalue weighted by Crippen LogP contribution is -2.12. The lowest BCUT2D eigenvalue weighted by molar-refractivity contribution is -0.385. The molecule has 0 saturated heterocycles. The Morgan fingerprint density at radius 1 is 1.16 bits per heavy atom. The number of nitrogens with zero attached hydrogens (tertiary/aromatic N) is 3.